The van der Waals surface area contributed by atoms with Crippen molar-refractivity contribution >= 4 is 0 Å². The molecule has 0 radical (unpaired) electrons. The van der Waals surface area contributed by atoms with Crippen molar-refractivity contribution in [3.63, 3.8) is 0 Å². The minimum absolute atomic E-state index is 0.0396. The molecule has 0 aliphatic heterocycles. The van der Waals surface area contributed by atoms with E-state index in [-0.39, 0.29) is 11.6 Å². The zero-order chi connectivity index (χ0) is 13.1. The van der Waals surface area contributed by atoms with Crippen molar-refractivity contribution in [1.82, 2.24) is 9.55 Å². The molecule has 19 heavy (non-hydrogen) atoms. The average Bonchev–Trinajstić information content (AvgIpc) is 2.49. The van der Waals surface area contributed by atoms with Crippen LogP contribution in [0.1, 0.15) is 25.3 Å². The van der Waals surface area contributed by atoms with Crippen molar-refractivity contribution in [2.24, 2.45) is 0 Å². The summed E-state index contributed by atoms with van der Waals surface area (Å²) >= 11 is 0. The number of nitrogens with zero attached hydrogens (tertiary/aromatic N) is 2. The van der Waals surface area contributed by atoms with Gasteiger partial charge in [0.15, 0.2) is 0 Å². The van der Waals surface area contributed by atoms with Crippen LogP contribution in [0.5, 0.6) is 0 Å². The van der Waals surface area contributed by atoms with Crippen molar-refractivity contribution < 1.29 is 0 Å². The molecule has 0 unspecified atom stereocenters. The smallest absolute Gasteiger partial charge is 0.261 e. The largest absolute Gasteiger partial charge is 0.292 e. The Balaban J connectivity index is 2.07. The van der Waals surface area contributed by atoms with Crippen molar-refractivity contribution in [3.8, 4) is 11.1 Å². The van der Waals surface area contributed by atoms with Gasteiger partial charge in [0, 0.05) is 6.20 Å². The lowest BCUT2D eigenvalue weighted by Crippen LogP contribution is -2.26. The lowest BCUT2D eigenvalue weighted by atomic mass is 10.0. The maximum absolute atomic E-state index is 12.6. The third-order valence-corrected chi connectivity index (χ3v) is 3.53. The molecule has 1 atom stereocenters. The zero-order valence-corrected chi connectivity index (χ0v) is 10.7. The minimum atomic E-state index is 0.0396. The Morgan fingerprint density at radius 1 is 1.21 bits per heavy atom. The first-order valence-electron chi connectivity index (χ1n) is 6.64. The molecule has 0 saturated carbocycles. The third kappa shape index (κ3) is 2.36. The van der Waals surface area contributed by atoms with Crippen molar-refractivity contribution in [2.45, 2.75) is 25.3 Å². The van der Waals surface area contributed by atoms with E-state index in [1.807, 2.05) is 30.3 Å². The predicted molar refractivity (Wildman–Crippen MR) is 76.0 cm³/mol. The Bertz CT molecular complexity index is 643. The van der Waals surface area contributed by atoms with Crippen LogP contribution in [0, 0.1) is 0 Å². The van der Waals surface area contributed by atoms with Gasteiger partial charge in [-0.15, -0.1) is 0 Å². The number of aromatic nitrogens is 2. The van der Waals surface area contributed by atoms with Crippen LogP contribution in [0.15, 0.2) is 59.8 Å². The van der Waals surface area contributed by atoms with Crippen LogP contribution in [0.4, 0.5) is 0 Å². The first kappa shape index (κ1) is 11.9. The molecule has 96 valence electrons. The normalized spacial score (nSPS) is 18.4. The van der Waals surface area contributed by atoms with Crippen LogP contribution in [0.2, 0.25) is 0 Å². The molecule has 1 aliphatic rings. The van der Waals surface area contributed by atoms with Crippen LogP contribution in [0.25, 0.3) is 11.1 Å². The van der Waals surface area contributed by atoms with Gasteiger partial charge in [0.1, 0.15) is 0 Å². The van der Waals surface area contributed by atoms with Gasteiger partial charge in [-0.2, -0.15) is 0 Å². The number of benzene rings is 1. The number of allylic oxidation sites excluding steroid dienone is 2. The molecule has 1 aromatic carbocycles. The molecule has 0 saturated heterocycles. The molecule has 3 heteroatoms. The first-order valence-corrected chi connectivity index (χ1v) is 6.64. The summed E-state index contributed by atoms with van der Waals surface area (Å²) in [6.45, 7) is 0. The molecular weight excluding hydrogens is 236 g/mol. The molecule has 0 amide bonds. The van der Waals surface area contributed by atoms with Crippen LogP contribution in [-0.2, 0) is 0 Å². The molecule has 1 heterocycles. The number of hydrogen-bond acceptors (Lipinski definition) is 2. The van der Waals surface area contributed by atoms with E-state index in [4.69, 9.17) is 0 Å². The van der Waals surface area contributed by atoms with E-state index in [1.165, 1.54) is 0 Å². The van der Waals surface area contributed by atoms with Gasteiger partial charge in [0.25, 0.3) is 5.56 Å². The maximum Gasteiger partial charge on any atom is 0.261 e. The Hall–Kier alpha value is -2.16. The summed E-state index contributed by atoms with van der Waals surface area (Å²) in [6, 6.07) is 9.86. The van der Waals surface area contributed by atoms with Gasteiger partial charge in [0.05, 0.1) is 17.9 Å². The van der Waals surface area contributed by atoms with Crippen LogP contribution in [-0.4, -0.2) is 9.55 Å². The fourth-order valence-electron chi connectivity index (χ4n) is 2.50. The molecule has 1 aliphatic carbocycles. The van der Waals surface area contributed by atoms with Gasteiger partial charge in [-0.25, -0.2) is 4.98 Å². The topological polar surface area (TPSA) is 34.9 Å². The van der Waals surface area contributed by atoms with Crippen molar-refractivity contribution in [2.75, 3.05) is 0 Å². The molecule has 1 aromatic heterocycles. The van der Waals surface area contributed by atoms with Gasteiger partial charge in [0.2, 0.25) is 0 Å². The van der Waals surface area contributed by atoms with E-state index in [0.29, 0.717) is 5.56 Å². The summed E-state index contributed by atoms with van der Waals surface area (Å²) in [7, 11) is 0. The highest BCUT2D eigenvalue weighted by Gasteiger charge is 2.14. The molecular formula is C16H16N2O. The fraction of sp³-hybridized carbons (Fsp3) is 0.250. The fourth-order valence-corrected chi connectivity index (χ4v) is 2.50. The Kier molecular flexibility index (Phi) is 3.27. The average molecular weight is 252 g/mol. The van der Waals surface area contributed by atoms with Crippen molar-refractivity contribution in [1.29, 1.82) is 0 Å². The third-order valence-electron chi connectivity index (χ3n) is 3.53. The highest BCUT2D eigenvalue weighted by molar-refractivity contribution is 5.60. The van der Waals surface area contributed by atoms with Crippen molar-refractivity contribution in [3.05, 3.63) is 65.4 Å². The van der Waals surface area contributed by atoms with E-state index >= 15 is 0 Å². The molecule has 0 spiro atoms. The number of rotatable bonds is 2. The van der Waals surface area contributed by atoms with Gasteiger partial charge < -0.3 is 0 Å². The minimum Gasteiger partial charge on any atom is -0.292 e. The first-order chi connectivity index (χ1) is 9.36. The Morgan fingerprint density at radius 3 is 2.79 bits per heavy atom. The number of hydrogen-bond donors (Lipinski definition) is 0. The SMILES string of the molecule is O=c1c(-c2ccccc2)cncn1[C@H]1C=CCCC1. The second-order valence-electron chi connectivity index (χ2n) is 4.81. The van der Waals surface area contributed by atoms with Gasteiger partial charge in [-0.3, -0.25) is 9.36 Å². The summed E-state index contributed by atoms with van der Waals surface area (Å²) in [6.07, 6.45) is 10.8. The van der Waals surface area contributed by atoms with E-state index in [2.05, 4.69) is 17.1 Å². The molecule has 0 N–H and O–H groups in total. The summed E-state index contributed by atoms with van der Waals surface area (Å²) < 4.78 is 1.75. The van der Waals surface area contributed by atoms with E-state index < -0.39 is 0 Å². The van der Waals surface area contributed by atoms with E-state index in [9.17, 15) is 4.79 Å². The molecule has 0 bridgehead atoms. The second-order valence-corrected chi connectivity index (χ2v) is 4.81. The summed E-state index contributed by atoms with van der Waals surface area (Å²) in [4.78, 5) is 16.8. The van der Waals surface area contributed by atoms with Gasteiger partial charge >= 0.3 is 0 Å². The Labute approximate surface area is 112 Å². The summed E-state index contributed by atoms with van der Waals surface area (Å²) in [5, 5.41) is 0. The van der Waals surface area contributed by atoms with Crippen LogP contribution in [0.3, 0.4) is 0 Å². The van der Waals surface area contributed by atoms with Crippen LogP contribution < -0.4 is 5.56 Å². The molecule has 0 fully saturated rings. The van der Waals surface area contributed by atoms with Gasteiger partial charge in [-0.1, -0.05) is 42.5 Å². The summed E-state index contributed by atoms with van der Waals surface area (Å²) in [5.41, 5.74) is 1.63. The second kappa shape index (κ2) is 5.22. The predicted octanol–water partition coefficient (Wildman–Crippen LogP) is 3.19. The molecule has 2 aromatic rings. The maximum atomic E-state index is 12.6. The zero-order valence-electron chi connectivity index (χ0n) is 10.7. The highest BCUT2D eigenvalue weighted by Crippen LogP contribution is 2.21. The molecule has 3 nitrogen and oxygen atoms in total. The Morgan fingerprint density at radius 2 is 2.05 bits per heavy atom. The monoisotopic (exact) mass is 252 g/mol. The van der Waals surface area contributed by atoms with Crippen LogP contribution >= 0.6 is 0 Å². The highest BCUT2D eigenvalue weighted by atomic mass is 16.1. The standard InChI is InChI=1S/C16H16N2O/c19-16-15(13-7-3-1-4-8-13)11-17-12-18(16)14-9-5-2-6-10-14/h1,3-5,7-9,11-12,14H,2,6,10H2/t14-/m0/s1. The van der Waals surface area contributed by atoms with E-state index in [1.54, 1.807) is 17.1 Å². The lowest BCUT2D eigenvalue weighted by Gasteiger charge is -2.19. The quantitative estimate of drug-likeness (QED) is 0.769. The lowest BCUT2D eigenvalue weighted by molar-refractivity contribution is 0.499. The molecule has 3 rings (SSSR count). The van der Waals surface area contributed by atoms with Gasteiger partial charge in [-0.05, 0) is 24.8 Å². The van der Waals surface area contributed by atoms with E-state index in [0.717, 1.165) is 24.8 Å². The summed E-state index contributed by atoms with van der Waals surface area (Å²) in [5.74, 6) is 0.